The van der Waals surface area contributed by atoms with Gasteiger partial charge in [0.1, 0.15) is 0 Å². The summed E-state index contributed by atoms with van der Waals surface area (Å²) >= 11 is 0. The van der Waals surface area contributed by atoms with Crippen LogP contribution in [0.1, 0.15) is 5.69 Å². The number of alkyl halides is 3. The largest absolute Gasteiger partial charge is 0.436 e. The molecule has 1 aromatic heterocycles. The number of hydrogen-bond acceptors (Lipinski definition) is 3. The first-order chi connectivity index (χ1) is 4.50. The summed E-state index contributed by atoms with van der Waals surface area (Å²) in [6.45, 7) is 0. The SMILES string of the molecule is Nn1cc(C(F)(F)F)nn1. The van der Waals surface area contributed by atoms with Crippen molar-refractivity contribution in [1.29, 1.82) is 0 Å². The van der Waals surface area contributed by atoms with E-state index in [2.05, 4.69) is 10.3 Å². The Labute approximate surface area is 53.4 Å². The lowest BCUT2D eigenvalue weighted by Gasteiger charge is -1.97. The summed E-state index contributed by atoms with van der Waals surface area (Å²) in [7, 11) is 0. The number of nitrogens with zero attached hydrogens (tertiary/aromatic N) is 3. The van der Waals surface area contributed by atoms with E-state index in [-0.39, 0.29) is 0 Å². The smallest absolute Gasteiger partial charge is 0.322 e. The zero-order valence-electron chi connectivity index (χ0n) is 4.63. The summed E-state index contributed by atoms with van der Waals surface area (Å²) in [6.07, 6.45) is -3.86. The van der Waals surface area contributed by atoms with Gasteiger partial charge in [0, 0.05) is 0 Å². The first kappa shape index (κ1) is 6.84. The summed E-state index contributed by atoms with van der Waals surface area (Å²) in [5.74, 6) is 4.82. The molecule has 1 heterocycles. The second kappa shape index (κ2) is 1.86. The van der Waals surface area contributed by atoms with E-state index in [1.807, 2.05) is 0 Å². The Hall–Kier alpha value is -1.27. The van der Waals surface area contributed by atoms with Crippen molar-refractivity contribution < 1.29 is 13.2 Å². The molecule has 4 nitrogen and oxygen atoms in total. The quantitative estimate of drug-likeness (QED) is 0.533. The van der Waals surface area contributed by atoms with Gasteiger partial charge in [0.15, 0.2) is 5.69 Å². The third-order valence-electron chi connectivity index (χ3n) is 0.801. The molecule has 0 radical (unpaired) electrons. The molecule has 0 aliphatic rings. The van der Waals surface area contributed by atoms with Gasteiger partial charge in [-0.05, 0) is 5.21 Å². The molecule has 0 amide bonds. The zero-order valence-corrected chi connectivity index (χ0v) is 4.63. The maximum atomic E-state index is 11.6. The fourth-order valence-electron chi connectivity index (χ4n) is 0.407. The number of halogens is 3. The molecule has 56 valence electrons. The van der Waals surface area contributed by atoms with Gasteiger partial charge in [-0.2, -0.15) is 18.0 Å². The van der Waals surface area contributed by atoms with E-state index in [0.29, 0.717) is 11.0 Å². The normalized spacial score (nSPS) is 11.9. The highest BCUT2D eigenvalue weighted by molar-refractivity contribution is 4.96. The van der Waals surface area contributed by atoms with Crippen LogP contribution in [0.5, 0.6) is 0 Å². The minimum atomic E-state index is -4.46. The third-order valence-corrected chi connectivity index (χ3v) is 0.801. The minimum Gasteiger partial charge on any atom is -0.322 e. The molecule has 1 rings (SSSR count). The van der Waals surface area contributed by atoms with Crippen molar-refractivity contribution in [2.75, 3.05) is 5.84 Å². The molecule has 0 fully saturated rings. The summed E-state index contributed by atoms with van der Waals surface area (Å²) in [5.41, 5.74) is -1.09. The maximum Gasteiger partial charge on any atom is 0.436 e. The lowest BCUT2D eigenvalue weighted by atomic mass is 10.5. The van der Waals surface area contributed by atoms with Crippen LogP contribution in [0.2, 0.25) is 0 Å². The average Bonchev–Trinajstić information content (AvgIpc) is 2.11. The Kier molecular flexibility index (Phi) is 1.27. The molecule has 2 N–H and O–H groups in total. The van der Waals surface area contributed by atoms with Gasteiger partial charge in [-0.1, -0.05) is 0 Å². The van der Waals surface area contributed by atoms with Crippen LogP contribution in [0.4, 0.5) is 13.2 Å². The van der Waals surface area contributed by atoms with Gasteiger partial charge in [-0.3, -0.25) is 0 Å². The molecule has 0 aliphatic heterocycles. The highest BCUT2D eigenvalue weighted by Gasteiger charge is 2.34. The molecule has 1 aromatic rings. The first-order valence-corrected chi connectivity index (χ1v) is 2.25. The third kappa shape index (κ3) is 1.17. The number of nitrogen functional groups attached to an aromatic ring is 1. The number of hydrogen-bond donors (Lipinski definition) is 1. The van der Waals surface area contributed by atoms with Crippen LogP contribution in [0, 0.1) is 0 Å². The molecule has 0 spiro atoms. The summed E-state index contributed by atoms with van der Waals surface area (Å²) in [4.78, 5) is 0.503. The van der Waals surface area contributed by atoms with E-state index in [4.69, 9.17) is 5.84 Å². The van der Waals surface area contributed by atoms with E-state index in [1.165, 1.54) is 0 Å². The van der Waals surface area contributed by atoms with Crippen LogP contribution >= 0.6 is 0 Å². The van der Waals surface area contributed by atoms with Crippen LogP contribution in [0.25, 0.3) is 0 Å². The Morgan fingerprint density at radius 1 is 1.50 bits per heavy atom. The molecule has 0 unspecified atom stereocenters. The molecule has 0 saturated heterocycles. The van der Waals surface area contributed by atoms with Crippen molar-refractivity contribution in [3.8, 4) is 0 Å². The Morgan fingerprint density at radius 3 is 2.30 bits per heavy atom. The van der Waals surface area contributed by atoms with E-state index in [1.54, 1.807) is 0 Å². The van der Waals surface area contributed by atoms with Crippen LogP contribution in [0.15, 0.2) is 6.20 Å². The van der Waals surface area contributed by atoms with Crippen molar-refractivity contribution in [1.82, 2.24) is 15.1 Å². The van der Waals surface area contributed by atoms with E-state index in [0.717, 1.165) is 0 Å². The summed E-state index contributed by atoms with van der Waals surface area (Å²) in [6, 6.07) is 0. The fraction of sp³-hybridized carbons (Fsp3) is 0.333. The number of rotatable bonds is 0. The van der Waals surface area contributed by atoms with E-state index >= 15 is 0 Å². The van der Waals surface area contributed by atoms with Gasteiger partial charge < -0.3 is 5.84 Å². The minimum absolute atomic E-state index is 0.503. The predicted octanol–water partition coefficient (Wildman–Crippen LogP) is 0.0107. The highest BCUT2D eigenvalue weighted by Crippen LogP contribution is 2.26. The van der Waals surface area contributed by atoms with Gasteiger partial charge in [-0.25, -0.2) is 0 Å². The van der Waals surface area contributed by atoms with Crippen LogP contribution in [-0.2, 0) is 6.18 Å². The zero-order chi connectivity index (χ0) is 7.78. The van der Waals surface area contributed by atoms with Crippen LogP contribution < -0.4 is 5.84 Å². The van der Waals surface area contributed by atoms with Crippen LogP contribution in [-0.4, -0.2) is 15.1 Å². The maximum absolute atomic E-state index is 11.6. The summed E-state index contributed by atoms with van der Waals surface area (Å²) in [5, 5.41) is 5.66. The molecule has 0 atom stereocenters. The van der Waals surface area contributed by atoms with E-state index < -0.39 is 11.9 Å². The topological polar surface area (TPSA) is 56.7 Å². The van der Waals surface area contributed by atoms with Crippen molar-refractivity contribution in [3.05, 3.63) is 11.9 Å². The van der Waals surface area contributed by atoms with E-state index in [9.17, 15) is 13.2 Å². The van der Waals surface area contributed by atoms with Gasteiger partial charge in [0.2, 0.25) is 0 Å². The molecule has 0 saturated carbocycles. The lowest BCUT2D eigenvalue weighted by molar-refractivity contribution is -0.141. The van der Waals surface area contributed by atoms with Crippen molar-refractivity contribution >= 4 is 0 Å². The monoisotopic (exact) mass is 152 g/mol. The molecule has 0 aliphatic carbocycles. The average molecular weight is 152 g/mol. The Morgan fingerprint density at radius 2 is 2.10 bits per heavy atom. The molecular weight excluding hydrogens is 149 g/mol. The van der Waals surface area contributed by atoms with Gasteiger partial charge in [0.25, 0.3) is 0 Å². The Bertz CT molecular complexity index is 226. The number of aromatic nitrogens is 3. The van der Waals surface area contributed by atoms with Gasteiger partial charge in [0.05, 0.1) is 6.20 Å². The van der Waals surface area contributed by atoms with Gasteiger partial charge in [-0.15, -0.1) is 5.10 Å². The number of nitrogens with two attached hydrogens (primary N) is 1. The Balaban J connectivity index is 2.96. The second-order valence-electron chi connectivity index (χ2n) is 1.58. The molecule has 10 heavy (non-hydrogen) atoms. The van der Waals surface area contributed by atoms with Crippen molar-refractivity contribution in [3.63, 3.8) is 0 Å². The van der Waals surface area contributed by atoms with Crippen molar-refractivity contribution in [2.45, 2.75) is 6.18 Å². The summed E-state index contributed by atoms with van der Waals surface area (Å²) < 4.78 is 34.9. The highest BCUT2D eigenvalue weighted by atomic mass is 19.4. The second-order valence-corrected chi connectivity index (χ2v) is 1.58. The molecule has 0 aromatic carbocycles. The molecule has 7 heteroatoms. The lowest BCUT2D eigenvalue weighted by Crippen LogP contribution is -2.08. The standard InChI is InChI=1S/C3H3F3N4/c4-3(5,6)2-1-10(7)9-8-2/h1H,7H2. The predicted molar refractivity (Wildman–Crippen MR) is 25.2 cm³/mol. The first-order valence-electron chi connectivity index (χ1n) is 2.25. The molecular formula is C3H3F3N4. The van der Waals surface area contributed by atoms with Crippen molar-refractivity contribution in [2.24, 2.45) is 0 Å². The van der Waals surface area contributed by atoms with Gasteiger partial charge >= 0.3 is 6.18 Å². The molecule has 0 bridgehead atoms. The van der Waals surface area contributed by atoms with Crippen LogP contribution in [0.3, 0.4) is 0 Å². The fourth-order valence-corrected chi connectivity index (χ4v) is 0.407.